The van der Waals surface area contributed by atoms with Gasteiger partial charge in [0.1, 0.15) is 0 Å². The predicted molar refractivity (Wildman–Crippen MR) is 78.6 cm³/mol. The van der Waals surface area contributed by atoms with Crippen LogP contribution in [0.3, 0.4) is 0 Å². The Labute approximate surface area is 122 Å². The molecule has 0 spiro atoms. The SMILES string of the molecule is Cc1[nH]ncc1CNC(=O)CNC(=O)Nc1ccccc1. The van der Waals surface area contributed by atoms with Crippen LogP contribution in [0.2, 0.25) is 0 Å². The van der Waals surface area contributed by atoms with E-state index >= 15 is 0 Å². The van der Waals surface area contributed by atoms with E-state index in [4.69, 9.17) is 0 Å². The molecule has 0 aliphatic rings. The number of nitrogens with zero attached hydrogens (tertiary/aromatic N) is 1. The third kappa shape index (κ3) is 4.64. The van der Waals surface area contributed by atoms with Crippen molar-refractivity contribution >= 4 is 17.6 Å². The van der Waals surface area contributed by atoms with Crippen LogP contribution >= 0.6 is 0 Å². The quantitative estimate of drug-likeness (QED) is 0.664. The molecule has 1 aromatic carbocycles. The Morgan fingerprint density at radius 1 is 1.19 bits per heavy atom. The standard InChI is InChI=1S/C14H17N5O2/c1-10-11(8-17-19-10)7-15-13(20)9-16-14(21)18-12-5-3-2-4-6-12/h2-6,8H,7,9H2,1H3,(H,15,20)(H,17,19)(H2,16,18,21). The van der Waals surface area contributed by atoms with Crippen LogP contribution in [0.5, 0.6) is 0 Å². The lowest BCUT2D eigenvalue weighted by Gasteiger charge is -2.08. The van der Waals surface area contributed by atoms with Gasteiger partial charge in [0, 0.05) is 23.5 Å². The van der Waals surface area contributed by atoms with Gasteiger partial charge in [-0.2, -0.15) is 5.10 Å². The summed E-state index contributed by atoms with van der Waals surface area (Å²) in [4.78, 5) is 23.2. The summed E-state index contributed by atoms with van der Waals surface area (Å²) in [6.07, 6.45) is 1.66. The molecule has 0 atom stereocenters. The topological polar surface area (TPSA) is 98.9 Å². The van der Waals surface area contributed by atoms with Crippen molar-refractivity contribution in [2.75, 3.05) is 11.9 Å². The molecule has 0 unspecified atom stereocenters. The normalized spacial score (nSPS) is 9.95. The molecular formula is C14H17N5O2. The zero-order valence-electron chi connectivity index (χ0n) is 11.6. The van der Waals surface area contributed by atoms with Gasteiger partial charge in [-0.15, -0.1) is 0 Å². The Kier molecular flexibility index (Phi) is 4.92. The lowest BCUT2D eigenvalue weighted by molar-refractivity contribution is -0.120. The second kappa shape index (κ2) is 7.09. The molecule has 1 aromatic heterocycles. The third-order valence-electron chi connectivity index (χ3n) is 2.85. The molecular weight excluding hydrogens is 270 g/mol. The number of hydrogen-bond donors (Lipinski definition) is 4. The molecule has 1 heterocycles. The molecule has 110 valence electrons. The number of benzene rings is 1. The second-order valence-electron chi connectivity index (χ2n) is 4.47. The van der Waals surface area contributed by atoms with Gasteiger partial charge in [-0.05, 0) is 19.1 Å². The first kappa shape index (κ1) is 14.6. The van der Waals surface area contributed by atoms with Crippen molar-refractivity contribution in [3.63, 3.8) is 0 Å². The summed E-state index contributed by atoms with van der Waals surface area (Å²) in [5.41, 5.74) is 2.49. The van der Waals surface area contributed by atoms with E-state index in [0.29, 0.717) is 12.2 Å². The predicted octanol–water partition coefficient (Wildman–Crippen LogP) is 1.16. The molecule has 0 saturated heterocycles. The van der Waals surface area contributed by atoms with E-state index in [-0.39, 0.29) is 12.5 Å². The van der Waals surface area contributed by atoms with Crippen LogP contribution in [0.4, 0.5) is 10.5 Å². The Bertz CT molecular complexity index is 609. The molecule has 0 fully saturated rings. The van der Waals surface area contributed by atoms with Gasteiger partial charge in [-0.3, -0.25) is 9.89 Å². The highest BCUT2D eigenvalue weighted by Crippen LogP contribution is 2.04. The van der Waals surface area contributed by atoms with Crippen molar-refractivity contribution < 1.29 is 9.59 Å². The van der Waals surface area contributed by atoms with Gasteiger partial charge in [0.2, 0.25) is 5.91 Å². The van der Waals surface area contributed by atoms with E-state index in [2.05, 4.69) is 26.1 Å². The summed E-state index contributed by atoms with van der Waals surface area (Å²) in [5, 5.41) is 14.5. The van der Waals surface area contributed by atoms with Crippen LogP contribution in [-0.2, 0) is 11.3 Å². The molecule has 0 radical (unpaired) electrons. The average Bonchev–Trinajstić information content (AvgIpc) is 2.89. The summed E-state index contributed by atoms with van der Waals surface area (Å²) in [6, 6.07) is 8.60. The van der Waals surface area contributed by atoms with E-state index in [9.17, 15) is 9.59 Å². The number of urea groups is 1. The summed E-state index contributed by atoms with van der Waals surface area (Å²) < 4.78 is 0. The number of aromatic amines is 1. The molecule has 0 aliphatic heterocycles. The molecule has 0 aliphatic carbocycles. The van der Waals surface area contributed by atoms with E-state index in [1.807, 2.05) is 25.1 Å². The number of carbonyl (C=O) groups excluding carboxylic acids is 2. The molecule has 0 bridgehead atoms. The minimum atomic E-state index is -0.421. The first-order valence-corrected chi connectivity index (χ1v) is 6.50. The lowest BCUT2D eigenvalue weighted by Crippen LogP contribution is -2.38. The molecule has 21 heavy (non-hydrogen) atoms. The maximum Gasteiger partial charge on any atom is 0.319 e. The van der Waals surface area contributed by atoms with Crippen molar-refractivity contribution in [2.45, 2.75) is 13.5 Å². The number of nitrogens with one attached hydrogen (secondary N) is 4. The number of anilines is 1. The van der Waals surface area contributed by atoms with Crippen LogP contribution < -0.4 is 16.0 Å². The van der Waals surface area contributed by atoms with Crippen LogP contribution in [0, 0.1) is 6.92 Å². The number of amides is 3. The highest BCUT2D eigenvalue weighted by molar-refractivity contribution is 5.92. The van der Waals surface area contributed by atoms with Crippen LogP contribution in [0.15, 0.2) is 36.5 Å². The van der Waals surface area contributed by atoms with E-state index in [1.54, 1.807) is 18.3 Å². The van der Waals surface area contributed by atoms with Crippen molar-refractivity contribution in [1.82, 2.24) is 20.8 Å². The Hall–Kier alpha value is -2.83. The maximum absolute atomic E-state index is 11.6. The van der Waals surface area contributed by atoms with Crippen LogP contribution in [0.1, 0.15) is 11.3 Å². The van der Waals surface area contributed by atoms with Gasteiger partial charge in [0.15, 0.2) is 0 Å². The Balaban J connectivity index is 1.69. The summed E-state index contributed by atoms with van der Waals surface area (Å²) >= 11 is 0. The number of carbonyl (C=O) groups is 2. The number of aromatic nitrogens is 2. The highest BCUT2D eigenvalue weighted by Gasteiger charge is 2.06. The van der Waals surface area contributed by atoms with Crippen molar-refractivity contribution in [3.8, 4) is 0 Å². The molecule has 2 rings (SSSR count). The monoisotopic (exact) mass is 287 g/mol. The number of rotatable bonds is 5. The first-order chi connectivity index (χ1) is 10.1. The summed E-state index contributed by atoms with van der Waals surface area (Å²) in [6.45, 7) is 2.17. The summed E-state index contributed by atoms with van der Waals surface area (Å²) in [7, 11) is 0. The highest BCUT2D eigenvalue weighted by atomic mass is 16.2. The Morgan fingerprint density at radius 2 is 1.95 bits per heavy atom. The fourth-order valence-corrected chi connectivity index (χ4v) is 1.67. The number of H-pyrrole nitrogens is 1. The number of para-hydroxylation sites is 1. The Morgan fingerprint density at radius 3 is 2.62 bits per heavy atom. The second-order valence-corrected chi connectivity index (χ2v) is 4.47. The minimum absolute atomic E-state index is 0.0877. The molecule has 3 amide bonds. The molecule has 0 saturated carbocycles. The number of aryl methyl sites for hydroxylation is 1. The van der Waals surface area contributed by atoms with Gasteiger partial charge in [-0.25, -0.2) is 4.79 Å². The van der Waals surface area contributed by atoms with E-state index < -0.39 is 6.03 Å². The number of hydrogen-bond acceptors (Lipinski definition) is 3. The fraction of sp³-hybridized carbons (Fsp3) is 0.214. The van der Waals surface area contributed by atoms with Gasteiger partial charge in [0.05, 0.1) is 12.7 Å². The largest absolute Gasteiger partial charge is 0.350 e. The smallest absolute Gasteiger partial charge is 0.319 e. The van der Waals surface area contributed by atoms with Gasteiger partial charge in [-0.1, -0.05) is 18.2 Å². The van der Waals surface area contributed by atoms with E-state index in [1.165, 1.54) is 0 Å². The molecule has 7 nitrogen and oxygen atoms in total. The fourth-order valence-electron chi connectivity index (χ4n) is 1.67. The zero-order chi connectivity index (χ0) is 15.1. The minimum Gasteiger partial charge on any atom is -0.350 e. The van der Waals surface area contributed by atoms with Crippen LogP contribution in [-0.4, -0.2) is 28.7 Å². The molecule has 7 heteroatoms. The average molecular weight is 287 g/mol. The van der Waals surface area contributed by atoms with Gasteiger partial charge in [0.25, 0.3) is 0 Å². The van der Waals surface area contributed by atoms with E-state index in [0.717, 1.165) is 11.3 Å². The van der Waals surface area contributed by atoms with Crippen LogP contribution in [0.25, 0.3) is 0 Å². The van der Waals surface area contributed by atoms with Crippen molar-refractivity contribution in [2.24, 2.45) is 0 Å². The first-order valence-electron chi connectivity index (χ1n) is 6.50. The van der Waals surface area contributed by atoms with Gasteiger partial charge < -0.3 is 16.0 Å². The molecule has 2 aromatic rings. The van der Waals surface area contributed by atoms with Crippen molar-refractivity contribution in [3.05, 3.63) is 47.8 Å². The maximum atomic E-state index is 11.6. The van der Waals surface area contributed by atoms with Crippen molar-refractivity contribution in [1.29, 1.82) is 0 Å². The third-order valence-corrected chi connectivity index (χ3v) is 2.85. The molecule has 4 N–H and O–H groups in total. The zero-order valence-corrected chi connectivity index (χ0v) is 11.6. The van der Waals surface area contributed by atoms with Gasteiger partial charge >= 0.3 is 6.03 Å². The summed E-state index contributed by atoms with van der Waals surface area (Å²) in [5.74, 6) is -0.265. The lowest BCUT2D eigenvalue weighted by atomic mass is 10.2.